The van der Waals surface area contributed by atoms with Crippen molar-refractivity contribution in [1.29, 1.82) is 0 Å². The Bertz CT molecular complexity index is 660. The van der Waals surface area contributed by atoms with Gasteiger partial charge < -0.3 is 14.8 Å². The first kappa shape index (κ1) is 19.9. The van der Waals surface area contributed by atoms with Gasteiger partial charge in [-0.3, -0.25) is 9.59 Å². The molecule has 1 aromatic rings. The second-order valence-electron chi connectivity index (χ2n) is 7.47. The smallest absolute Gasteiger partial charge is 0.338 e. The highest BCUT2D eigenvalue weighted by atomic mass is 16.6. The number of rotatable bonds is 6. The summed E-state index contributed by atoms with van der Waals surface area (Å²) in [4.78, 5) is 35.9. The van der Waals surface area contributed by atoms with Crippen LogP contribution in [-0.4, -0.2) is 36.6 Å². The van der Waals surface area contributed by atoms with Gasteiger partial charge in [0, 0.05) is 6.54 Å². The summed E-state index contributed by atoms with van der Waals surface area (Å²) in [6.07, 6.45) is 1.40. The normalized spacial score (nSPS) is 19.8. The fourth-order valence-corrected chi connectivity index (χ4v) is 2.97. The van der Waals surface area contributed by atoms with Crippen molar-refractivity contribution in [3.63, 3.8) is 0 Å². The molecule has 0 aromatic heterocycles. The van der Waals surface area contributed by atoms with E-state index in [1.807, 2.05) is 32.9 Å². The Morgan fingerprint density at radius 1 is 1.19 bits per heavy atom. The average molecular weight is 361 g/mol. The van der Waals surface area contributed by atoms with Gasteiger partial charge in [-0.05, 0) is 64.2 Å². The highest BCUT2D eigenvalue weighted by Gasteiger charge is 2.40. The molecule has 0 saturated carbocycles. The fourth-order valence-electron chi connectivity index (χ4n) is 2.97. The van der Waals surface area contributed by atoms with Crippen LogP contribution in [0.1, 0.15) is 50.0 Å². The molecule has 1 N–H and O–H groups in total. The predicted octanol–water partition coefficient (Wildman–Crippen LogP) is 2.50. The van der Waals surface area contributed by atoms with Gasteiger partial charge in [0.2, 0.25) is 5.91 Å². The molecule has 142 valence electrons. The van der Waals surface area contributed by atoms with Gasteiger partial charge in [0.25, 0.3) is 0 Å². The zero-order valence-electron chi connectivity index (χ0n) is 15.8. The van der Waals surface area contributed by atoms with Crippen LogP contribution in [0.3, 0.4) is 0 Å². The Labute approximate surface area is 154 Å². The summed E-state index contributed by atoms with van der Waals surface area (Å²) in [6.45, 7) is 7.97. The molecule has 1 aliphatic rings. The second kappa shape index (κ2) is 8.34. The van der Waals surface area contributed by atoms with E-state index in [0.717, 1.165) is 5.56 Å². The molecule has 1 aliphatic heterocycles. The second-order valence-corrected chi connectivity index (χ2v) is 7.47. The van der Waals surface area contributed by atoms with Crippen molar-refractivity contribution in [3.8, 4) is 0 Å². The lowest BCUT2D eigenvalue weighted by Gasteiger charge is -2.19. The highest BCUT2D eigenvalue weighted by molar-refractivity contribution is 5.99. The number of ether oxygens (including phenoxy) is 2. The molecule has 1 fully saturated rings. The van der Waals surface area contributed by atoms with Crippen molar-refractivity contribution in [3.05, 3.63) is 35.4 Å². The van der Waals surface area contributed by atoms with Crippen LogP contribution in [-0.2, 0) is 25.5 Å². The van der Waals surface area contributed by atoms with E-state index >= 15 is 0 Å². The summed E-state index contributed by atoms with van der Waals surface area (Å²) in [5, 5.41) is 2.74. The SMILES string of the molecule is CCOC(=O)C1C(=O)NCC1CCc1ccc(C(=O)OC(C)(C)C)cc1. The van der Waals surface area contributed by atoms with Crippen molar-refractivity contribution in [2.75, 3.05) is 13.2 Å². The van der Waals surface area contributed by atoms with Gasteiger partial charge in [0.1, 0.15) is 11.5 Å². The number of benzene rings is 1. The van der Waals surface area contributed by atoms with E-state index in [-0.39, 0.29) is 24.4 Å². The third kappa shape index (κ3) is 5.31. The number of aryl methyl sites for hydroxylation is 1. The van der Waals surface area contributed by atoms with Crippen molar-refractivity contribution < 1.29 is 23.9 Å². The van der Waals surface area contributed by atoms with Crippen LogP contribution in [0.25, 0.3) is 0 Å². The molecule has 6 nitrogen and oxygen atoms in total. The fraction of sp³-hybridized carbons (Fsp3) is 0.550. The molecule has 0 spiro atoms. The molecule has 0 radical (unpaired) electrons. The Balaban J connectivity index is 1.94. The molecule has 6 heteroatoms. The van der Waals surface area contributed by atoms with Crippen molar-refractivity contribution in [2.45, 2.75) is 46.1 Å². The van der Waals surface area contributed by atoms with Gasteiger partial charge in [-0.25, -0.2) is 4.79 Å². The summed E-state index contributed by atoms with van der Waals surface area (Å²) < 4.78 is 10.4. The minimum absolute atomic E-state index is 0.0768. The van der Waals surface area contributed by atoms with E-state index in [1.165, 1.54) is 0 Å². The average Bonchev–Trinajstić information content (AvgIpc) is 2.93. The van der Waals surface area contributed by atoms with Crippen LogP contribution in [0.4, 0.5) is 0 Å². The number of esters is 2. The van der Waals surface area contributed by atoms with Crippen molar-refractivity contribution in [1.82, 2.24) is 5.32 Å². The Morgan fingerprint density at radius 3 is 2.42 bits per heavy atom. The van der Waals surface area contributed by atoms with E-state index < -0.39 is 17.5 Å². The molecule has 2 atom stereocenters. The number of carbonyl (C=O) groups excluding carboxylic acids is 3. The molecule has 1 saturated heterocycles. The van der Waals surface area contributed by atoms with Crippen LogP contribution >= 0.6 is 0 Å². The summed E-state index contributed by atoms with van der Waals surface area (Å²) in [7, 11) is 0. The predicted molar refractivity (Wildman–Crippen MR) is 96.6 cm³/mol. The van der Waals surface area contributed by atoms with Gasteiger partial charge in [-0.15, -0.1) is 0 Å². The summed E-state index contributed by atoms with van der Waals surface area (Å²) >= 11 is 0. The highest BCUT2D eigenvalue weighted by Crippen LogP contribution is 2.25. The molecule has 1 aromatic carbocycles. The summed E-state index contributed by atoms with van der Waals surface area (Å²) in [5.74, 6) is -1.86. The lowest BCUT2D eigenvalue weighted by Crippen LogP contribution is -2.29. The van der Waals surface area contributed by atoms with Crippen LogP contribution < -0.4 is 5.32 Å². The lowest BCUT2D eigenvalue weighted by atomic mass is 9.89. The van der Waals surface area contributed by atoms with Gasteiger partial charge >= 0.3 is 11.9 Å². The first-order valence-electron chi connectivity index (χ1n) is 8.98. The standard InChI is InChI=1S/C20H27NO5/c1-5-25-19(24)16-15(12-21-17(16)22)11-8-13-6-9-14(10-7-13)18(23)26-20(2,3)4/h6-7,9-10,15-16H,5,8,11-12H2,1-4H3,(H,21,22). The summed E-state index contributed by atoms with van der Waals surface area (Å²) in [6, 6.07) is 7.24. The van der Waals surface area contributed by atoms with E-state index in [0.29, 0.717) is 24.9 Å². The van der Waals surface area contributed by atoms with E-state index in [2.05, 4.69) is 5.32 Å². The number of hydrogen-bond donors (Lipinski definition) is 1. The third-order valence-corrected chi connectivity index (χ3v) is 4.23. The number of nitrogens with one attached hydrogen (secondary N) is 1. The Morgan fingerprint density at radius 2 is 1.85 bits per heavy atom. The summed E-state index contributed by atoms with van der Waals surface area (Å²) in [5.41, 5.74) is 1.02. The molecule has 0 bridgehead atoms. The number of hydrogen-bond acceptors (Lipinski definition) is 5. The Hall–Kier alpha value is -2.37. The van der Waals surface area contributed by atoms with Crippen molar-refractivity contribution >= 4 is 17.8 Å². The van der Waals surface area contributed by atoms with Gasteiger partial charge in [0.05, 0.1) is 12.2 Å². The molecule has 26 heavy (non-hydrogen) atoms. The largest absolute Gasteiger partial charge is 0.465 e. The molecule has 1 amide bonds. The minimum atomic E-state index is -0.726. The molecular formula is C20H27NO5. The van der Waals surface area contributed by atoms with Gasteiger partial charge in [-0.1, -0.05) is 12.1 Å². The Kier molecular flexibility index (Phi) is 6.40. The number of amides is 1. The quantitative estimate of drug-likeness (QED) is 0.622. The van der Waals surface area contributed by atoms with E-state index in [1.54, 1.807) is 19.1 Å². The monoisotopic (exact) mass is 361 g/mol. The minimum Gasteiger partial charge on any atom is -0.465 e. The third-order valence-electron chi connectivity index (χ3n) is 4.23. The van der Waals surface area contributed by atoms with E-state index in [9.17, 15) is 14.4 Å². The van der Waals surface area contributed by atoms with Crippen LogP contribution in [0.15, 0.2) is 24.3 Å². The zero-order valence-corrected chi connectivity index (χ0v) is 15.8. The molecule has 1 heterocycles. The van der Waals surface area contributed by atoms with E-state index in [4.69, 9.17) is 9.47 Å². The van der Waals surface area contributed by atoms with Crippen LogP contribution in [0.5, 0.6) is 0 Å². The van der Waals surface area contributed by atoms with Crippen molar-refractivity contribution in [2.24, 2.45) is 11.8 Å². The topological polar surface area (TPSA) is 81.7 Å². The number of carbonyl (C=O) groups is 3. The molecular weight excluding hydrogens is 334 g/mol. The van der Waals surface area contributed by atoms with Crippen LogP contribution in [0.2, 0.25) is 0 Å². The van der Waals surface area contributed by atoms with Gasteiger partial charge in [-0.2, -0.15) is 0 Å². The van der Waals surface area contributed by atoms with Gasteiger partial charge in [0.15, 0.2) is 0 Å². The first-order chi connectivity index (χ1) is 12.2. The van der Waals surface area contributed by atoms with Crippen LogP contribution in [0, 0.1) is 11.8 Å². The lowest BCUT2D eigenvalue weighted by molar-refractivity contribution is -0.152. The maximum absolute atomic E-state index is 12.0. The maximum atomic E-state index is 12.0. The zero-order chi connectivity index (χ0) is 19.3. The molecule has 0 aliphatic carbocycles. The molecule has 2 rings (SSSR count). The maximum Gasteiger partial charge on any atom is 0.338 e. The molecule has 2 unspecified atom stereocenters. The first-order valence-corrected chi connectivity index (χ1v) is 8.98.